The van der Waals surface area contributed by atoms with Crippen LogP contribution in [0.4, 0.5) is 0 Å². The Morgan fingerprint density at radius 3 is 2.28 bits per heavy atom. The predicted octanol–water partition coefficient (Wildman–Crippen LogP) is 4.53. The summed E-state index contributed by atoms with van der Waals surface area (Å²) in [6.45, 7) is 0. The van der Waals surface area contributed by atoms with E-state index in [9.17, 15) is 4.79 Å². The normalized spacial score (nSPS) is 11.8. The van der Waals surface area contributed by atoms with Gasteiger partial charge in [-0.1, -0.05) is 54.2 Å². The standard InChI is InChI=1S/C20H19NO3S/c1-23-16-10-8-15(9-11-16)19(14-6-4-3-5-7-14)21-20(22)17-12-13-18(24-17)25-2/h3-13,19H,1-2H3,(H,21,22). The molecular formula is C20H19NO3S. The molecule has 0 bridgehead atoms. The van der Waals surface area contributed by atoms with E-state index < -0.39 is 0 Å². The highest BCUT2D eigenvalue weighted by Crippen LogP contribution is 2.25. The number of nitrogens with one attached hydrogen (secondary N) is 1. The molecule has 4 nitrogen and oxygen atoms in total. The summed E-state index contributed by atoms with van der Waals surface area (Å²) in [5, 5.41) is 3.77. The van der Waals surface area contributed by atoms with Crippen molar-refractivity contribution in [1.82, 2.24) is 5.32 Å². The Hall–Kier alpha value is -2.66. The first-order valence-corrected chi connectivity index (χ1v) is 9.07. The Morgan fingerprint density at radius 1 is 1.00 bits per heavy atom. The Balaban J connectivity index is 1.89. The van der Waals surface area contributed by atoms with Crippen LogP contribution in [0.3, 0.4) is 0 Å². The minimum Gasteiger partial charge on any atom is -0.497 e. The quantitative estimate of drug-likeness (QED) is 0.662. The van der Waals surface area contributed by atoms with Crippen LogP contribution >= 0.6 is 11.8 Å². The second-order valence-corrected chi connectivity index (χ2v) is 6.22. The highest BCUT2D eigenvalue weighted by atomic mass is 32.2. The summed E-state index contributed by atoms with van der Waals surface area (Å²) in [6.07, 6.45) is 1.91. The molecule has 3 rings (SSSR count). The van der Waals surface area contributed by atoms with Crippen molar-refractivity contribution in [3.63, 3.8) is 0 Å². The monoisotopic (exact) mass is 353 g/mol. The first-order valence-electron chi connectivity index (χ1n) is 7.85. The number of thioether (sulfide) groups is 1. The average Bonchev–Trinajstić information content (AvgIpc) is 3.16. The molecule has 25 heavy (non-hydrogen) atoms. The van der Waals surface area contributed by atoms with E-state index >= 15 is 0 Å². The smallest absolute Gasteiger partial charge is 0.287 e. The zero-order valence-electron chi connectivity index (χ0n) is 14.1. The number of carbonyl (C=O) groups excluding carboxylic acids is 1. The highest BCUT2D eigenvalue weighted by molar-refractivity contribution is 7.98. The van der Waals surface area contributed by atoms with E-state index in [1.165, 1.54) is 11.8 Å². The number of carbonyl (C=O) groups is 1. The zero-order valence-corrected chi connectivity index (χ0v) is 14.9. The number of benzene rings is 2. The van der Waals surface area contributed by atoms with Crippen molar-refractivity contribution in [3.8, 4) is 5.75 Å². The molecule has 1 amide bonds. The van der Waals surface area contributed by atoms with E-state index in [0.29, 0.717) is 10.9 Å². The van der Waals surface area contributed by atoms with Gasteiger partial charge in [0.25, 0.3) is 5.91 Å². The van der Waals surface area contributed by atoms with Crippen molar-refractivity contribution in [2.75, 3.05) is 13.4 Å². The maximum Gasteiger partial charge on any atom is 0.287 e. The Morgan fingerprint density at radius 2 is 1.68 bits per heavy atom. The SMILES string of the molecule is COc1ccc(C(NC(=O)c2ccc(SC)o2)c2ccccc2)cc1. The lowest BCUT2D eigenvalue weighted by Crippen LogP contribution is -2.29. The van der Waals surface area contributed by atoms with Crippen molar-refractivity contribution in [2.24, 2.45) is 0 Å². The van der Waals surface area contributed by atoms with Gasteiger partial charge >= 0.3 is 0 Å². The number of rotatable bonds is 6. The third kappa shape index (κ3) is 4.06. The van der Waals surface area contributed by atoms with Gasteiger partial charge in [0.2, 0.25) is 0 Å². The van der Waals surface area contributed by atoms with Crippen LogP contribution in [0.1, 0.15) is 27.7 Å². The molecule has 1 heterocycles. The molecule has 0 fully saturated rings. The summed E-state index contributed by atoms with van der Waals surface area (Å²) in [4.78, 5) is 12.6. The maximum absolute atomic E-state index is 12.6. The molecule has 128 valence electrons. The van der Waals surface area contributed by atoms with Gasteiger partial charge in [0.15, 0.2) is 10.9 Å². The van der Waals surface area contributed by atoms with E-state index in [2.05, 4.69) is 5.32 Å². The molecule has 2 aromatic carbocycles. The van der Waals surface area contributed by atoms with Crippen LogP contribution in [-0.2, 0) is 0 Å². The molecular weight excluding hydrogens is 334 g/mol. The van der Waals surface area contributed by atoms with Gasteiger partial charge in [-0.25, -0.2) is 0 Å². The Kier molecular flexibility index (Phi) is 5.46. The Bertz CT molecular complexity index is 828. The largest absolute Gasteiger partial charge is 0.497 e. The van der Waals surface area contributed by atoms with Gasteiger partial charge in [-0.05, 0) is 41.6 Å². The van der Waals surface area contributed by atoms with E-state index in [1.54, 1.807) is 19.2 Å². The highest BCUT2D eigenvalue weighted by Gasteiger charge is 2.20. The molecule has 0 aliphatic rings. The minimum atomic E-state index is -0.276. The van der Waals surface area contributed by atoms with Gasteiger partial charge in [-0.3, -0.25) is 4.79 Å². The second kappa shape index (κ2) is 7.94. The summed E-state index contributed by atoms with van der Waals surface area (Å²) in [6, 6.07) is 20.7. The average molecular weight is 353 g/mol. The first-order chi connectivity index (χ1) is 12.2. The molecule has 0 spiro atoms. The lowest BCUT2D eigenvalue weighted by Gasteiger charge is -2.19. The lowest BCUT2D eigenvalue weighted by molar-refractivity contribution is 0.0910. The van der Waals surface area contributed by atoms with Crippen LogP contribution in [-0.4, -0.2) is 19.3 Å². The fourth-order valence-corrected chi connectivity index (χ4v) is 2.93. The Labute approximate surface area is 151 Å². The summed E-state index contributed by atoms with van der Waals surface area (Å²) in [7, 11) is 1.63. The van der Waals surface area contributed by atoms with Gasteiger partial charge in [0.1, 0.15) is 5.75 Å². The first kappa shape index (κ1) is 17.2. The fourth-order valence-electron chi connectivity index (χ4n) is 2.56. The van der Waals surface area contributed by atoms with Gasteiger partial charge in [0, 0.05) is 0 Å². The van der Waals surface area contributed by atoms with E-state index in [-0.39, 0.29) is 11.9 Å². The molecule has 1 N–H and O–H groups in total. The van der Waals surface area contributed by atoms with Crippen LogP contribution in [0.5, 0.6) is 5.75 Å². The molecule has 0 aliphatic carbocycles. The molecule has 0 saturated carbocycles. The number of hydrogen-bond donors (Lipinski definition) is 1. The zero-order chi connectivity index (χ0) is 17.6. The molecule has 0 aliphatic heterocycles. The number of furan rings is 1. The van der Waals surface area contributed by atoms with E-state index in [0.717, 1.165) is 16.9 Å². The number of ether oxygens (including phenoxy) is 1. The third-order valence-corrected chi connectivity index (χ3v) is 4.49. The summed E-state index contributed by atoms with van der Waals surface area (Å²) >= 11 is 1.46. The number of methoxy groups -OCH3 is 1. The molecule has 3 aromatic rings. The van der Waals surface area contributed by atoms with Crippen LogP contribution in [0.2, 0.25) is 0 Å². The lowest BCUT2D eigenvalue weighted by atomic mass is 9.98. The molecule has 1 aromatic heterocycles. The van der Waals surface area contributed by atoms with Gasteiger partial charge < -0.3 is 14.5 Å². The van der Waals surface area contributed by atoms with Crippen LogP contribution in [0.25, 0.3) is 0 Å². The molecule has 1 unspecified atom stereocenters. The van der Waals surface area contributed by atoms with Crippen LogP contribution < -0.4 is 10.1 Å². The molecule has 0 radical (unpaired) electrons. The van der Waals surface area contributed by atoms with Crippen LogP contribution in [0, 0.1) is 0 Å². The van der Waals surface area contributed by atoms with Crippen LogP contribution in [0.15, 0.2) is 76.2 Å². The van der Waals surface area contributed by atoms with Crippen molar-refractivity contribution in [2.45, 2.75) is 11.1 Å². The van der Waals surface area contributed by atoms with Gasteiger partial charge in [-0.15, -0.1) is 0 Å². The summed E-state index contributed by atoms with van der Waals surface area (Å²) in [5.41, 5.74) is 1.97. The maximum atomic E-state index is 12.6. The third-order valence-electron chi connectivity index (χ3n) is 3.86. The van der Waals surface area contributed by atoms with Gasteiger partial charge in [-0.2, -0.15) is 0 Å². The van der Waals surface area contributed by atoms with E-state index in [1.807, 2.05) is 60.9 Å². The van der Waals surface area contributed by atoms with Crippen molar-refractivity contribution >= 4 is 17.7 Å². The molecule has 0 saturated heterocycles. The summed E-state index contributed by atoms with van der Waals surface area (Å²) in [5.74, 6) is 0.835. The predicted molar refractivity (Wildman–Crippen MR) is 99.2 cm³/mol. The fraction of sp³-hybridized carbons (Fsp3) is 0.150. The second-order valence-electron chi connectivity index (χ2n) is 5.41. The van der Waals surface area contributed by atoms with E-state index in [4.69, 9.17) is 9.15 Å². The molecule has 5 heteroatoms. The van der Waals surface area contributed by atoms with Crippen molar-refractivity contribution < 1.29 is 13.9 Å². The topological polar surface area (TPSA) is 51.5 Å². The number of amides is 1. The minimum absolute atomic E-state index is 0.245. The summed E-state index contributed by atoms with van der Waals surface area (Å²) < 4.78 is 10.8. The number of hydrogen-bond acceptors (Lipinski definition) is 4. The van der Waals surface area contributed by atoms with Crippen molar-refractivity contribution in [3.05, 3.63) is 83.6 Å². The van der Waals surface area contributed by atoms with Crippen molar-refractivity contribution in [1.29, 1.82) is 0 Å². The molecule has 1 atom stereocenters. The van der Waals surface area contributed by atoms with Gasteiger partial charge in [0.05, 0.1) is 13.2 Å².